The van der Waals surface area contributed by atoms with Crippen LogP contribution in [0.25, 0.3) is 67.2 Å². The van der Waals surface area contributed by atoms with Crippen LogP contribution in [0.2, 0.25) is 0 Å². The molecular formula is C37H28N4O. The fraction of sp³-hybridized carbons (Fsp3) is 0.0541. The number of pyridine rings is 2. The van der Waals surface area contributed by atoms with Crippen LogP contribution in [-0.2, 0) is 7.05 Å². The van der Waals surface area contributed by atoms with Gasteiger partial charge in [0.2, 0.25) is 0 Å². The highest BCUT2D eigenvalue weighted by Crippen LogP contribution is 2.35. The summed E-state index contributed by atoms with van der Waals surface area (Å²) in [6.07, 6.45) is 3.76. The molecule has 202 valence electrons. The normalized spacial score (nSPS) is 11.2. The third-order valence-electron chi connectivity index (χ3n) is 7.78. The third kappa shape index (κ3) is 4.51. The van der Waals surface area contributed by atoms with Gasteiger partial charge in [-0.1, -0.05) is 84.9 Å². The molecule has 1 N–H and O–H groups in total. The Morgan fingerprint density at radius 3 is 2.10 bits per heavy atom. The summed E-state index contributed by atoms with van der Waals surface area (Å²) < 4.78 is 1.93. The van der Waals surface area contributed by atoms with Gasteiger partial charge in [0.25, 0.3) is 0 Å². The molecule has 0 amide bonds. The number of phenols is 1. The molecule has 0 saturated carbocycles. The molecule has 0 atom stereocenters. The van der Waals surface area contributed by atoms with Gasteiger partial charge in [-0.05, 0) is 70.6 Å². The second-order valence-corrected chi connectivity index (χ2v) is 10.5. The van der Waals surface area contributed by atoms with Crippen molar-refractivity contribution in [3.63, 3.8) is 0 Å². The fourth-order valence-corrected chi connectivity index (χ4v) is 5.53. The van der Waals surface area contributed by atoms with E-state index in [1.807, 2.05) is 48.3 Å². The van der Waals surface area contributed by atoms with E-state index >= 15 is 0 Å². The molecule has 7 aromatic rings. The first kappa shape index (κ1) is 25.4. The molecule has 4 aromatic carbocycles. The Morgan fingerprint density at radius 1 is 0.595 bits per heavy atom. The minimum Gasteiger partial charge on any atom is -0.507 e. The highest BCUT2D eigenvalue weighted by molar-refractivity contribution is 5.93. The molecule has 0 aliphatic heterocycles. The molecule has 3 aromatic heterocycles. The first-order chi connectivity index (χ1) is 20.6. The summed E-state index contributed by atoms with van der Waals surface area (Å²) in [4.78, 5) is 14.4. The molecule has 5 heteroatoms. The van der Waals surface area contributed by atoms with E-state index in [2.05, 4.69) is 90.8 Å². The average Bonchev–Trinajstić information content (AvgIpc) is 3.38. The summed E-state index contributed by atoms with van der Waals surface area (Å²) in [5.74, 6) is 0.859. The second-order valence-electron chi connectivity index (χ2n) is 10.5. The number of imidazole rings is 1. The highest BCUT2D eigenvalue weighted by atomic mass is 16.3. The van der Waals surface area contributed by atoms with Crippen LogP contribution < -0.4 is 0 Å². The van der Waals surface area contributed by atoms with Gasteiger partial charge < -0.3 is 9.67 Å². The SMILES string of the molecule is Cc1cnc(-c2cccc(-c3ccnc4c3nc(-c3ccccc3O)n4C)c2)cc1-c1ccc(-c2ccccc2)cc1. The predicted molar refractivity (Wildman–Crippen MR) is 170 cm³/mol. The minimum atomic E-state index is 0.190. The summed E-state index contributed by atoms with van der Waals surface area (Å²) in [7, 11) is 1.93. The fourth-order valence-electron chi connectivity index (χ4n) is 5.53. The number of hydrogen-bond acceptors (Lipinski definition) is 4. The highest BCUT2D eigenvalue weighted by Gasteiger charge is 2.17. The molecule has 0 fully saturated rings. The van der Waals surface area contributed by atoms with E-state index < -0.39 is 0 Å². The van der Waals surface area contributed by atoms with Crippen molar-refractivity contribution >= 4 is 11.2 Å². The van der Waals surface area contributed by atoms with Crippen LogP contribution in [0.4, 0.5) is 0 Å². The first-order valence-corrected chi connectivity index (χ1v) is 13.9. The van der Waals surface area contributed by atoms with E-state index in [1.54, 1.807) is 12.1 Å². The van der Waals surface area contributed by atoms with Crippen molar-refractivity contribution in [1.82, 2.24) is 19.5 Å². The van der Waals surface area contributed by atoms with Crippen LogP contribution in [0.1, 0.15) is 5.56 Å². The van der Waals surface area contributed by atoms with Gasteiger partial charge in [0.15, 0.2) is 5.65 Å². The molecule has 0 radical (unpaired) electrons. The maximum atomic E-state index is 10.5. The second kappa shape index (κ2) is 10.5. The minimum absolute atomic E-state index is 0.190. The zero-order chi connectivity index (χ0) is 28.6. The molecule has 0 unspecified atom stereocenters. The predicted octanol–water partition coefficient (Wildman–Crippen LogP) is 8.71. The topological polar surface area (TPSA) is 63.8 Å². The number of hydrogen-bond donors (Lipinski definition) is 1. The number of benzene rings is 4. The summed E-state index contributed by atoms with van der Waals surface area (Å²) in [6, 6.07) is 38.9. The summed E-state index contributed by atoms with van der Waals surface area (Å²) >= 11 is 0. The van der Waals surface area contributed by atoms with Crippen LogP contribution in [-0.4, -0.2) is 24.6 Å². The van der Waals surface area contributed by atoms with Crippen molar-refractivity contribution in [1.29, 1.82) is 0 Å². The van der Waals surface area contributed by atoms with Gasteiger partial charge in [0.1, 0.15) is 17.1 Å². The lowest BCUT2D eigenvalue weighted by atomic mass is 9.96. The lowest BCUT2D eigenvalue weighted by Gasteiger charge is -2.11. The van der Waals surface area contributed by atoms with Crippen LogP contribution in [0, 0.1) is 6.92 Å². The Balaban J connectivity index is 1.27. The van der Waals surface area contributed by atoms with Gasteiger partial charge in [0.05, 0.1) is 11.3 Å². The smallest absolute Gasteiger partial charge is 0.160 e. The van der Waals surface area contributed by atoms with Crippen molar-refractivity contribution in [2.75, 3.05) is 0 Å². The van der Waals surface area contributed by atoms with E-state index in [4.69, 9.17) is 9.97 Å². The van der Waals surface area contributed by atoms with Crippen molar-refractivity contribution < 1.29 is 5.11 Å². The number of phenolic OH excluding ortho intramolecular Hbond substituents is 1. The van der Waals surface area contributed by atoms with Crippen LogP contribution in [0.3, 0.4) is 0 Å². The van der Waals surface area contributed by atoms with Gasteiger partial charge in [-0.15, -0.1) is 0 Å². The monoisotopic (exact) mass is 544 g/mol. The van der Waals surface area contributed by atoms with Gasteiger partial charge in [-0.3, -0.25) is 4.98 Å². The number of aryl methyl sites for hydroxylation is 2. The quantitative estimate of drug-likeness (QED) is 0.235. The number of nitrogens with zero attached hydrogens (tertiary/aromatic N) is 4. The largest absolute Gasteiger partial charge is 0.507 e. The standard InChI is InChI=1S/C37H28N4O/c1-24-23-39-33(22-32(24)27-17-15-26(16-18-27)25-9-4-3-5-10-25)29-12-8-11-28(21-29)30-19-20-38-37-35(30)40-36(41(37)2)31-13-6-7-14-34(31)42/h3-23,42H,1-2H3. The maximum absolute atomic E-state index is 10.5. The molecule has 3 heterocycles. The number of rotatable bonds is 5. The zero-order valence-corrected chi connectivity index (χ0v) is 23.4. The Bertz CT molecular complexity index is 2060. The van der Waals surface area contributed by atoms with E-state index in [1.165, 1.54) is 11.1 Å². The average molecular weight is 545 g/mol. The molecule has 0 saturated heterocycles. The van der Waals surface area contributed by atoms with Gasteiger partial charge in [0, 0.05) is 30.6 Å². The van der Waals surface area contributed by atoms with Gasteiger partial charge in [-0.2, -0.15) is 0 Å². The van der Waals surface area contributed by atoms with E-state index in [0.29, 0.717) is 11.4 Å². The van der Waals surface area contributed by atoms with Crippen LogP contribution >= 0.6 is 0 Å². The molecule has 42 heavy (non-hydrogen) atoms. The maximum Gasteiger partial charge on any atom is 0.160 e. The summed E-state index contributed by atoms with van der Waals surface area (Å²) in [6.45, 7) is 2.10. The number of fused-ring (bicyclic) bond motifs is 1. The first-order valence-electron chi connectivity index (χ1n) is 13.9. The molecule has 7 rings (SSSR count). The van der Waals surface area contributed by atoms with E-state index in [9.17, 15) is 5.11 Å². The molecule has 5 nitrogen and oxygen atoms in total. The van der Waals surface area contributed by atoms with Crippen molar-refractivity contribution in [3.05, 3.63) is 133 Å². The van der Waals surface area contributed by atoms with Gasteiger partial charge >= 0.3 is 0 Å². The zero-order valence-electron chi connectivity index (χ0n) is 23.4. The van der Waals surface area contributed by atoms with E-state index in [0.717, 1.165) is 50.2 Å². The number of aromatic nitrogens is 4. The molecule has 0 bridgehead atoms. The molecular weight excluding hydrogens is 516 g/mol. The van der Waals surface area contributed by atoms with Crippen LogP contribution in [0.5, 0.6) is 5.75 Å². The van der Waals surface area contributed by atoms with Crippen LogP contribution in [0.15, 0.2) is 128 Å². The Hall–Kier alpha value is -5.55. The summed E-state index contributed by atoms with van der Waals surface area (Å²) in [5.41, 5.74) is 12.0. The number of para-hydroxylation sites is 1. The molecule has 0 spiro atoms. The van der Waals surface area contributed by atoms with Gasteiger partial charge in [-0.25, -0.2) is 9.97 Å². The number of aromatic hydroxyl groups is 1. The lowest BCUT2D eigenvalue weighted by Crippen LogP contribution is -1.94. The Kier molecular flexibility index (Phi) is 6.32. The van der Waals surface area contributed by atoms with Crippen molar-refractivity contribution in [2.45, 2.75) is 6.92 Å². The molecule has 0 aliphatic carbocycles. The third-order valence-corrected chi connectivity index (χ3v) is 7.78. The van der Waals surface area contributed by atoms with Crippen molar-refractivity contribution in [2.24, 2.45) is 7.05 Å². The summed E-state index contributed by atoms with van der Waals surface area (Å²) in [5, 5.41) is 10.5. The Labute approximate surface area is 244 Å². The molecule has 0 aliphatic rings. The lowest BCUT2D eigenvalue weighted by molar-refractivity contribution is 0.476. The Morgan fingerprint density at radius 2 is 1.29 bits per heavy atom. The van der Waals surface area contributed by atoms with E-state index in [-0.39, 0.29) is 5.75 Å². The van der Waals surface area contributed by atoms with Crippen molar-refractivity contribution in [3.8, 4) is 61.8 Å².